The van der Waals surface area contributed by atoms with Crippen molar-refractivity contribution < 1.29 is 14.6 Å². The largest absolute Gasteiger partial charge is 0.479 e. The van der Waals surface area contributed by atoms with Gasteiger partial charge in [-0.3, -0.25) is 0 Å². The summed E-state index contributed by atoms with van der Waals surface area (Å²) in [7, 11) is 0. The zero-order valence-corrected chi connectivity index (χ0v) is 10.6. The normalized spacial score (nSPS) is 30.6. The Bertz CT molecular complexity index is 250. The highest BCUT2D eigenvalue weighted by molar-refractivity contribution is 5.80. The van der Waals surface area contributed by atoms with Crippen LogP contribution >= 0.6 is 0 Å². The van der Waals surface area contributed by atoms with Crippen LogP contribution in [0.25, 0.3) is 0 Å². The van der Waals surface area contributed by atoms with Crippen molar-refractivity contribution >= 4 is 5.97 Å². The van der Waals surface area contributed by atoms with E-state index in [4.69, 9.17) is 9.84 Å². The Kier molecular flexibility index (Phi) is 4.43. The topological polar surface area (TPSA) is 49.8 Å². The lowest BCUT2D eigenvalue weighted by atomic mass is 9.86. The van der Waals surface area contributed by atoms with Gasteiger partial charge in [0.2, 0.25) is 0 Å². The molecule has 0 amide bonds. The summed E-state index contributed by atoms with van der Waals surface area (Å²) in [6, 6.07) is 0. The van der Waals surface area contributed by atoms with E-state index >= 15 is 0 Å². The Morgan fingerprint density at radius 3 is 2.29 bits per heavy atom. The highest BCUT2D eigenvalue weighted by atomic mass is 16.6. The first-order chi connectivity index (χ1) is 8.23. The second-order valence-electron chi connectivity index (χ2n) is 5.69. The molecule has 98 valence electrons. The van der Waals surface area contributed by atoms with Gasteiger partial charge < -0.3 is 9.84 Å². The maximum absolute atomic E-state index is 10.9. The lowest BCUT2D eigenvalue weighted by molar-refractivity contribution is -0.143. The predicted molar refractivity (Wildman–Crippen MR) is 66.0 cm³/mol. The van der Waals surface area contributed by atoms with Crippen LogP contribution < -0.4 is 0 Å². The molecule has 1 atom stereocenters. The molecular formula is C14H24O3. The first kappa shape index (κ1) is 12.9. The Morgan fingerprint density at radius 2 is 1.76 bits per heavy atom. The number of rotatable bonds is 5. The van der Waals surface area contributed by atoms with Gasteiger partial charge in [-0.1, -0.05) is 51.4 Å². The molecule has 1 aliphatic heterocycles. The van der Waals surface area contributed by atoms with Crippen LogP contribution in [0.5, 0.6) is 0 Å². The number of hydrogen-bond acceptors (Lipinski definition) is 2. The van der Waals surface area contributed by atoms with E-state index in [9.17, 15) is 4.79 Å². The fourth-order valence-corrected chi connectivity index (χ4v) is 2.97. The van der Waals surface area contributed by atoms with Crippen LogP contribution in [0.2, 0.25) is 0 Å². The summed E-state index contributed by atoms with van der Waals surface area (Å²) in [6.45, 7) is 0.424. The fourth-order valence-electron chi connectivity index (χ4n) is 2.97. The molecule has 0 spiro atoms. The summed E-state index contributed by atoms with van der Waals surface area (Å²) < 4.78 is 5.09. The van der Waals surface area contributed by atoms with E-state index in [0.717, 1.165) is 12.3 Å². The summed E-state index contributed by atoms with van der Waals surface area (Å²) in [4.78, 5) is 10.9. The molecule has 1 saturated carbocycles. The van der Waals surface area contributed by atoms with Crippen molar-refractivity contribution in [2.45, 2.75) is 69.8 Å². The maximum Gasteiger partial charge on any atom is 0.338 e. The summed E-state index contributed by atoms with van der Waals surface area (Å²) >= 11 is 0. The maximum atomic E-state index is 10.9. The molecule has 2 fully saturated rings. The zero-order valence-electron chi connectivity index (χ0n) is 10.6. The zero-order chi connectivity index (χ0) is 12.1. The van der Waals surface area contributed by atoms with E-state index in [1.165, 1.54) is 51.4 Å². The van der Waals surface area contributed by atoms with E-state index in [2.05, 4.69) is 0 Å². The van der Waals surface area contributed by atoms with Crippen LogP contribution in [-0.2, 0) is 9.53 Å². The summed E-state index contributed by atoms with van der Waals surface area (Å²) in [5.74, 6) is 0.0649. The minimum absolute atomic E-state index is 0.424. The molecule has 0 radical (unpaired) electrons. The Labute approximate surface area is 104 Å². The van der Waals surface area contributed by atoms with Crippen molar-refractivity contribution in [3.05, 3.63) is 0 Å². The van der Waals surface area contributed by atoms with Gasteiger partial charge in [0.25, 0.3) is 0 Å². The van der Waals surface area contributed by atoms with Crippen molar-refractivity contribution in [1.82, 2.24) is 0 Å². The summed E-state index contributed by atoms with van der Waals surface area (Å²) in [5, 5.41) is 9.00. The van der Waals surface area contributed by atoms with Crippen molar-refractivity contribution in [1.29, 1.82) is 0 Å². The predicted octanol–water partition coefficient (Wildman–Crippen LogP) is 3.37. The number of aliphatic carboxylic acids is 1. The van der Waals surface area contributed by atoms with E-state index in [1.54, 1.807) is 0 Å². The van der Waals surface area contributed by atoms with E-state index in [0.29, 0.717) is 13.0 Å². The molecule has 1 saturated heterocycles. The third-order valence-electron chi connectivity index (χ3n) is 4.30. The molecule has 3 heteroatoms. The smallest absolute Gasteiger partial charge is 0.338 e. The Hall–Kier alpha value is -0.570. The summed E-state index contributed by atoms with van der Waals surface area (Å²) in [5.41, 5.74) is -0.790. The van der Waals surface area contributed by atoms with Crippen molar-refractivity contribution in [2.24, 2.45) is 5.92 Å². The fraction of sp³-hybridized carbons (Fsp3) is 0.929. The minimum atomic E-state index is -0.790. The third kappa shape index (κ3) is 3.70. The number of epoxide rings is 1. The molecule has 17 heavy (non-hydrogen) atoms. The van der Waals surface area contributed by atoms with Gasteiger partial charge in [0.1, 0.15) is 0 Å². The standard InChI is InChI=1S/C14H24O3/c15-13(16)14(11-17-14)10-6-9-12-7-4-2-1-3-5-8-12/h12H,1-11H2,(H,15,16). The molecule has 0 aromatic heterocycles. The Morgan fingerprint density at radius 1 is 1.18 bits per heavy atom. The quantitative estimate of drug-likeness (QED) is 0.749. The van der Waals surface area contributed by atoms with Gasteiger partial charge in [-0.15, -0.1) is 0 Å². The molecule has 1 heterocycles. The lowest BCUT2D eigenvalue weighted by Gasteiger charge is -2.19. The van der Waals surface area contributed by atoms with Gasteiger partial charge in [0.05, 0.1) is 6.61 Å². The molecule has 0 bridgehead atoms. The van der Waals surface area contributed by atoms with Crippen molar-refractivity contribution in [3.63, 3.8) is 0 Å². The minimum Gasteiger partial charge on any atom is -0.479 e. The molecule has 2 rings (SSSR count). The number of carboxylic acids is 1. The number of carboxylic acid groups (broad SMARTS) is 1. The van der Waals surface area contributed by atoms with E-state index in [-0.39, 0.29) is 0 Å². The van der Waals surface area contributed by atoms with Gasteiger partial charge in [-0.2, -0.15) is 0 Å². The Balaban J connectivity index is 1.65. The molecule has 0 aromatic rings. The molecule has 1 unspecified atom stereocenters. The SMILES string of the molecule is O=C(O)C1(CCCC2CCCCCCC2)CO1. The molecule has 2 aliphatic rings. The van der Waals surface area contributed by atoms with Crippen LogP contribution in [0.4, 0.5) is 0 Å². The number of hydrogen-bond donors (Lipinski definition) is 1. The van der Waals surface area contributed by atoms with Gasteiger partial charge in [0, 0.05) is 0 Å². The average Bonchev–Trinajstić information content (AvgIpc) is 3.02. The summed E-state index contributed by atoms with van der Waals surface area (Å²) in [6.07, 6.45) is 12.5. The van der Waals surface area contributed by atoms with E-state index in [1.807, 2.05) is 0 Å². The van der Waals surface area contributed by atoms with Crippen LogP contribution in [0.3, 0.4) is 0 Å². The first-order valence-electron chi connectivity index (χ1n) is 7.10. The first-order valence-corrected chi connectivity index (χ1v) is 7.10. The molecule has 1 N–H and O–H groups in total. The van der Waals surface area contributed by atoms with Gasteiger partial charge >= 0.3 is 5.97 Å². The van der Waals surface area contributed by atoms with Gasteiger partial charge in [0.15, 0.2) is 5.60 Å². The number of ether oxygens (including phenoxy) is 1. The molecule has 3 nitrogen and oxygen atoms in total. The molecule has 0 aromatic carbocycles. The van der Waals surface area contributed by atoms with Crippen molar-refractivity contribution in [2.75, 3.05) is 6.61 Å². The third-order valence-corrected chi connectivity index (χ3v) is 4.30. The molecule has 1 aliphatic carbocycles. The van der Waals surface area contributed by atoms with Gasteiger partial charge in [-0.25, -0.2) is 4.79 Å². The van der Waals surface area contributed by atoms with E-state index < -0.39 is 11.6 Å². The highest BCUT2D eigenvalue weighted by Crippen LogP contribution is 2.35. The highest BCUT2D eigenvalue weighted by Gasteiger charge is 2.51. The average molecular weight is 240 g/mol. The van der Waals surface area contributed by atoms with Crippen LogP contribution in [0, 0.1) is 5.92 Å². The number of carbonyl (C=O) groups is 1. The van der Waals surface area contributed by atoms with Crippen LogP contribution in [-0.4, -0.2) is 23.3 Å². The molecular weight excluding hydrogens is 216 g/mol. The monoisotopic (exact) mass is 240 g/mol. The van der Waals surface area contributed by atoms with Gasteiger partial charge in [-0.05, 0) is 18.8 Å². The van der Waals surface area contributed by atoms with Crippen LogP contribution in [0.15, 0.2) is 0 Å². The lowest BCUT2D eigenvalue weighted by Crippen LogP contribution is -2.24. The van der Waals surface area contributed by atoms with Crippen LogP contribution in [0.1, 0.15) is 64.2 Å². The second kappa shape index (κ2) is 5.85. The second-order valence-corrected chi connectivity index (χ2v) is 5.69. The van der Waals surface area contributed by atoms with Crippen molar-refractivity contribution in [3.8, 4) is 0 Å².